The smallest absolute Gasteiger partial charge is 0.337 e. The van der Waals surface area contributed by atoms with Gasteiger partial charge in [-0.1, -0.05) is 35.9 Å². The molecule has 1 aliphatic heterocycles. The van der Waals surface area contributed by atoms with Crippen LogP contribution in [0, 0.1) is 17.0 Å². The van der Waals surface area contributed by atoms with Crippen molar-refractivity contribution in [2.75, 3.05) is 12.0 Å². The number of esters is 1. The van der Waals surface area contributed by atoms with Gasteiger partial charge in [0.2, 0.25) is 5.91 Å². The summed E-state index contributed by atoms with van der Waals surface area (Å²) in [6.07, 6.45) is -0.260. The van der Waals surface area contributed by atoms with E-state index in [4.69, 9.17) is 0 Å². The van der Waals surface area contributed by atoms with Crippen molar-refractivity contribution in [3.8, 4) is 0 Å². The second-order valence-corrected chi connectivity index (χ2v) is 8.55. The molecule has 3 aromatic carbocycles. The van der Waals surface area contributed by atoms with Crippen molar-refractivity contribution in [2.45, 2.75) is 25.9 Å². The van der Waals surface area contributed by atoms with Crippen molar-refractivity contribution in [1.29, 1.82) is 0 Å². The van der Waals surface area contributed by atoms with Gasteiger partial charge in [0.05, 0.1) is 29.7 Å². The van der Waals surface area contributed by atoms with E-state index in [0.717, 1.165) is 22.1 Å². The summed E-state index contributed by atoms with van der Waals surface area (Å²) in [4.78, 5) is 64.7. The fourth-order valence-corrected chi connectivity index (χ4v) is 4.13. The molecule has 0 bridgehead atoms. The Morgan fingerprint density at radius 1 is 1.03 bits per heavy atom. The molecule has 188 valence electrons. The van der Waals surface area contributed by atoms with E-state index in [1.807, 2.05) is 31.2 Å². The molecule has 1 heterocycles. The van der Waals surface area contributed by atoms with Gasteiger partial charge in [0.1, 0.15) is 6.04 Å². The van der Waals surface area contributed by atoms with Crippen LogP contribution in [0.5, 0.6) is 0 Å². The number of methoxy groups -OCH3 is 1. The van der Waals surface area contributed by atoms with Crippen LogP contribution in [0.4, 0.5) is 11.4 Å². The van der Waals surface area contributed by atoms with Crippen LogP contribution >= 0.6 is 0 Å². The van der Waals surface area contributed by atoms with Gasteiger partial charge in [-0.2, -0.15) is 0 Å². The van der Waals surface area contributed by atoms with Crippen LogP contribution in [-0.2, 0) is 20.9 Å². The molecule has 37 heavy (non-hydrogen) atoms. The predicted molar refractivity (Wildman–Crippen MR) is 133 cm³/mol. The molecule has 0 saturated carbocycles. The average Bonchev–Trinajstić information content (AvgIpc) is 3.20. The number of hydrogen-bond donors (Lipinski definition) is 0. The summed E-state index contributed by atoms with van der Waals surface area (Å²) >= 11 is 0. The van der Waals surface area contributed by atoms with E-state index in [0.29, 0.717) is 0 Å². The molecule has 0 spiro atoms. The van der Waals surface area contributed by atoms with E-state index in [1.54, 1.807) is 0 Å². The molecule has 1 fully saturated rings. The number of ether oxygens (including phenoxy) is 1. The predicted octanol–water partition coefficient (Wildman–Crippen LogP) is 3.66. The molecular formula is C27H23N3O7. The number of amides is 3. The van der Waals surface area contributed by atoms with Gasteiger partial charge in [-0.15, -0.1) is 0 Å². The van der Waals surface area contributed by atoms with Gasteiger partial charge in [-0.05, 0) is 42.8 Å². The number of benzene rings is 3. The number of hydrogen-bond acceptors (Lipinski definition) is 7. The Morgan fingerprint density at radius 2 is 1.70 bits per heavy atom. The molecule has 1 aliphatic rings. The molecule has 1 saturated heterocycles. The molecular weight excluding hydrogens is 478 g/mol. The number of nitro benzene ring substituents is 1. The van der Waals surface area contributed by atoms with Crippen LogP contribution in [-0.4, -0.2) is 46.7 Å². The zero-order valence-electron chi connectivity index (χ0n) is 20.1. The summed E-state index contributed by atoms with van der Waals surface area (Å²) in [6, 6.07) is 17.3. The standard InChI is InChI=1S/C27H23N3O7/c1-17-6-8-18(9-7-17)16-28(25(32)20-4-3-5-22(14-20)30(35)36)23-15-24(31)29(26(23)33)21-12-10-19(11-13-21)27(34)37-2/h3-14,23H,15-16H2,1-2H3. The molecule has 0 aromatic heterocycles. The fraction of sp³-hybridized carbons (Fsp3) is 0.185. The van der Waals surface area contributed by atoms with Crippen molar-refractivity contribution in [1.82, 2.24) is 4.90 Å². The number of rotatable bonds is 7. The first-order valence-electron chi connectivity index (χ1n) is 11.4. The number of aryl methyl sites for hydroxylation is 1. The summed E-state index contributed by atoms with van der Waals surface area (Å²) in [5.74, 6) is -2.29. The average molecular weight is 501 g/mol. The maximum absolute atomic E-state index is 13.6. The van der Waals surface area contributed by atoms with Gasteiger partial charge < -0.3 is 9.64 Å². The first-order chi connectivity index (χ1) is 17.7. The summed E-state index contributed by atoms with van der Waals surface area (Å²) in [5, 5.41) is 11.3. The first kappa shape index (κ1) is 25.2. The third-order valence-corrected chi connectivity index (χ3v) is 6.08. The third-order valence-electron chi connectivity index (χ3n) is 6.08. The van der Waals surface area contributed by atoms with E-state index in [2.05, 4.69) is 4.74 Å². The Labute approximate surface area is 212 Å². The molecule has 0 aliphatic carbocycles. The molecule has 1 atom stereocenters. The number of non-ortho nitro benzene ring substituents is 1. The van der Waals surface area contributed by atoms with Crippen LogP contribution in [0.1, 0.15) is 38.3 Å². The normalized spacial score (nSPS) is 15.0. The number of imide groups is 1. The van der Waals surface area contributed by atoms with E-state index < -0.39 is 34.7 Å². The van der Waals surface area contributed by atoms with Gasteiger partial charge >= 0.3 is 5.97 Å². The van der Waals surface area contributed by atoms with Crippen molar-refractivity contribution < 1.29 is 28.8 Å². The van der Waals surface area contributed by atoms with Crippen molar-refractivity contribution >= 4 is 35.1 Å². The highest BCUT2D eigenvalue weighted by Crippen LogP contribution is 2.29. The zero-order chi connectivity index (χ0) is 26.7. The van der Waals surface area contributed by atoms with Gasteiger partial charge in [-0.25, -0.2) is 9.69 Å². The number of carbonyl (C=O) groups excluding carboxylic acids is 4. The minimum Gasteiger partial charge on any atom is -0.465 e. The Morgan fingerprint density at radius 3 is 2.32 bits per heavy atom. The lowest BCUT2D eigenvalue weighted by Crippen LogP contribution is -2.45. The number of nitro groups is 1. The highest BCUT2D eigenvalue weighted by Gasteiger charge is 2.44. The van der Waals surface area contributed by atoms with Gasteiger partial charge in [0.25, 0.3) is 17.5 Å². The number of anilines is 1. The summed E-state index contributed by atoms with van der Waals surface area (Å²) in [7, 11) is 1.25. The second kappa shape index (κ2) is 10.4. The zero-order valence-corrected chi connectivity index (χ0v) is 20.1. The van der Waals surface area contributed by atoms with Gasteiger partial charge in [0.15, 0.2) is 0 Å². The molecule has 10 nitrogen and oxygen atoms in total. The highest BCUT2D eigenvalue weighted by molar-refractivity contribution is 6.23. The van der Waals surface area contributed by atoms with Crippen molar-refractivity contribution in [3.05, 3.63) is 105 Å². The van der Waals surface area contributed by atoms with Gasteiger partial charge in [0, 0.05) is 24.2 Å². The lowest BCUT2D eigenvalue weighted by atomic mass is 10.1. The maximum Gasteiger partial charge on any atom is 0.337 e. The monoisotopic (exact) mass is 501 g/mol. The quantitative estimate of drug-likeness (QED) is 0.209. The lowest BCUT2D eigenvalue weighted by molar-refractivity contribution is -0.384. The van der Waals surface area contributed by atoms with Crippen LogP contribution in [0.25, 0.3) is 0 Å². The third kappa shape index (κ3) is 5.22. The Bertz CT molecular complexity index is 1380. The minimum absolute atomic E-state index is 0.0145. The maximum atomic E-state index is 13.6. The lowest BCUT2D eigenvalue weighted by Gasteiger charge is -2.28. The molecule has 4 rings (SSSR count). The van der Waals surface area contributed by atoms with E-state index in [1.165, 1.54) is 54.5 Å². The summed E-state index contributed by atoms with van der Waals surface area (Å²) in [5.41, 5.74) is 2.01. The Hall–Kier alpha value is -4.86. The van der Waals surface area contributed by atoms with Crippen molar-refractivity contribution in [3.63, 3.8) is 0 Å². The van der Waals surface area contributed by atoms with Crippen molar-refractivity contribution in [2.24, 2.45) is 0 Å². The van der Waals surface area contributed by atoms with Gasteiger partial charge in [-0.3, -0.25) is 24.5 Å². The number of carbonyl (C=O) groups is 4. The van der Waals surface area contributed by atoms with E-state index in [-0.39, 0.29) is 35.5 Å². The first-order valence-corrected chi connectivity index (χ1v) is 11.4. The van der Waals surface area contributed by atoms with Crippen LogP contribution in [0.3, 0.4) is 0 Å². The number of nitrogens with zero attached hydrogens (tertiary/aromatic N) is 3. The van der Waals surface area contributed by atoms with Crippen LogP contribution < -0.4 is 4.90 Å². The Kier molecular flexibility index (Phi) is 7.10. The second-order valence-electron chi connectivity index (χ2n) is 8.55. The fourth-order valence-electron chi connectivity index (χ4n) is 4.13. The molecule has 1 unspecified atom stereocenters. The summed E-state index contributed by atoms with van der Waals surface area (Å²) < 4.78 is 4.68. The topological polar surface area (TPSA) is 127 Å². The largest absolute Gasteiger partial charge is 0.465 e. The minimum atomic E-state index is -1.12. The molecule has 3 amide bonds. The van der Waals surface area contributed by atoms with Crippen LogP contribution in [0.15, 0.2) is 72.8 Å². The molecule has 0 N–H and O–H groups in total. The Balaban J connectivity index is 1.68. The van der Waals surface area contributed by atoms with E-state index >= 15 is 0 Å². The van der Waals surface area contributed by atoms with Crippen LogP contribution in [0.2, 0.25) is 0 Å². The van der Waals surface area contributed by atoms with E-state index in [9.17, 15) is 29.3 Å². The molecule has 10 heteroatoms. The molecule has 0 radical (unpaired) electrons. The highest BCUT2D eigenvalue weighted by atomic mass is 16.6. The summed E-state index contributed by atoms with van der Waals surface area (Å²) in [6.45, 7) is 1.93. The SMILES string of the molecule is COC(=O)c1ccc(N2C(=O)CC(N(Cc3ccc(C)cc3)C(=O)c3cccc([N+](=O)[O-])c3)C2=O)cc1. The molecule has 3 aromatic rings.